The summed E-state index contributed by atoms with van der Waals surface area (Å²) < 4.78 is 45.2. The molecule has 2 aromatic rings. The number of nitrogens with one attached hydrogen (secondary N) is 2. The number of anilines is 1. The Balaban J connectivity index is 1.72. The fourth-order valence-corrected chi connectivity index (χ4v) is 5.70. The molecule has 5 N–H and O–H groups in total. The third-order valence-electron chi connectivity index (χ3n) is 8.80. The number of primary amides is 1. The van der Waals surface area contributed by atoms with Crippen molar-refractivity contribution in [1.82, 2.24) is 10.6 Å². The molecule has 0 aromatic heterocycles. The summed E-state index contributed by atoms with van der Waals surface area (Å²) in [5.41, 5.74) is 7.17. The number of morpholine rings is 1. The van der Waals surface area contributed by atoms with Crippen LogP contribution in [0.25, 0.3) is 0 Å². The fourth-order valence-electron chi connectivity index (χ4n) is 5.70. The molecule has 1 heterocycles. The van der Waals surface area contributed by atoms with E-state index in [1.54, 1.807) is 56.3 Å². The van der Waals surface area contributed by atoms with Crippen LogP contribution in [-0.4, -0.2) is 85.1 Å². The number of carbonyl (C=O) groups is 5. The predicted octanol–water partition coefficient (Wildman–Crippen LogP) is 3.36. The SMILES string of the molecule is CC(C)[C@H](CC(=O)c1ccc(N2CCOCC2)cc1)C(=O)N[C@@H](Cc1ccccc1)C(=O)C[C@@H](C)C(=O)NC(CCC(N)=O)C(O)C(F)(F)F. The zero-order valence-corrected chi connectivity index (χ0v) is 28.6. The fraction of sp³-hybridized carbons (Fsp3) is 0.528. The van der Waals surface area contributed by atoms with Gasteiger partial charge in [0.1, 0.15) is 0 Å². The number of benzene rings is 2. The summed E-state index contributed by atoms with van der Waals surface area (Å²) in [5, 5.41) is 14.7. The van der Waals surface area contributed by atoms with E-state index >= 15 is 0 Å². The molecule has 1 fully saturated rings. The van der Waals surface area contributed by atoms with Crippen molar-refractivity contribution in [3.05, 3.63) is 65.7 Å². The quantitative estimate of drug-likeness (QED) is 0.171. The first-order chi connectivity index (χ1) is 23.6. The summed E-state index contributed by atoms with van der Waals surface area (Å²) in [6.45, 7) is 7.65. The molecule has 5 atom stereocenters. The predicted molar refractivity (Wildman–Crippen MR) is 180 cm³/mol. The van der Waals surface area contributed by atoms with Crippen molar-refractivity contribution in [2.24, 2.45) is 23.5 Å². The molecule has 50 heavy (non-hydrogen) atoms. The van der Waals surface area contributed by atoms with Crippen molar-refractivity contribution in [2.45, 2.75) is 77.2 Å². The van der Waals surface area contributed by atoms with E-state index in [1.807, 2.05) is 12.1 Å². The van der Waals surface area contributed by atoms with Crippen LogP contribution in [0.3, 0.4) is 0 Å². The Bertz CT molecular complexity index is 1450. The number of ketones is 2. The molecule has 2 unspecified atom stereocenters. The Labute approximate surface area is 290 Å². The monoisotopic (exact) mass is 704 g/mol. The van der Waals surface area contributed by atoms with E-state index in [4.69, 9.17) is 10.5 Å². The van der Waals surface area contributed by atoms with Crippen LogP contribution in [0.5, 0.6) is 0 Å². The largest absolute Gasteiger partial charge is 0.416 e. The van der Waals surface area contributed by atoms with E-state index < -0.39 is 79.0 Å². The molecular formula is C36H47F3N4O7. The Morgan fingerprint density at radius 2 is 1.52 bits per heavy atom. The number of aliphatic hydroxyl groups excluding tert-OH is 1. The van der Waals surface area contributed by atoms with Crippen LogP contribution < -0.4 is 21.3 Å². The first-order valence-electron chi connectivity index (χ1n) is 16.7. The van der Waals surface area contributed by atoms with E-state index in [2.05, 4.69) is 15.5 Å². The highest BCUT2D eigenvalue weighted by Crippen LogP contribution is 2.25. The normalized spacial score (nSPS) is 16.5. The Morgan fingerprint density at radius 1 is 0.900 bits per heavy atom. The molecule has 0 radical (unpaired) electrons. The van der Waals surface area contributed by atoms with Crippen LogP contribution in [0.1, 0.15) is 62.4 Å². The van der Waals surface area contributed by atoms with Crippen molar-refractivity contribution in [1.29, 1.82) is 0 Å². The lowest BCUT2D eigenvalue weighted by Gasteiger charge is -2.29. The number of hydrogen-bond donors (Lipinski definition) is 4. The number of halogens is 3. The van der Waals surface area contributed by atoms with Gasteiger partial charge in [-0.25, -0.2) is 0 Å². The van der Waals surface area contributed by atoms with E-state index in [0.717, 1.165) is 18.8 Å². The number of hydrogen-bond acceptors (Lipinski definition) is 8. The van der Waals surface area contributed by atoms with Gasteiger partial charge in [0.15, 0.2) is 17.7 Å². The van der Waals surface area contributed by atoms with Gasteiger partial charge in [0.2, 0.25) is 17.7 Å². The van der Waals surface area contributed by atoms with Crippen LogP contribution in [0.4, 0.5) is 18.9 Å². The lowest BCUT2D eigenvalue weighted by Crippen LogP contribution is -2.52. The Kier molecular flexibility index (Phi) is 14.9. The number of nitrogens with zero attached hydrogens (tertiary/aromatic N) is 1. The van der Waals surface area contributed by atoms with Gasteiger partial charge >= 0.3 is 6.18 Å². The number of ether oxygens (including phenoxy) is 1. The lowest BCUT2D eigenvalue weighted by atomic mass is 9.87. The first kappa shape index (κ1) is 40.1. The van der Waals surface area contributed by atoms with Crippen LogP contribution in [0, 0.1) is 17.8 Å². The molecule has 11 nitrogen and oxygen atoms in total. The minimum Gasteiger partial charge on any atom is -0.382 e. The van der Waals surface area contributed by atoms with Crippen molar-refractivity contribution in [3.63, 3.8) is 0 Å². The average molecular weight is 705 g/mol. The van der Waals surface area contributed by atoms with Crippen molar-refractivity contribution in [3.8, 4) is 0 Å². The van der Waals surface area contributed by atoms with Gasteiger partial charge in [0.05, 0.1) is 25.3 Å². The zero-order valence-electron chi connectivity index (χ0n) is 28.6. The van der Waals surface area contributed by atoms with Gasteiger partial charge in [0, 0.05) is 55.4 Å². The van der Waals surface area contributed by atoms with Gasteiger partial charge in [-0.05, 0) is 48.6 Å². The average Bonchev–Trinajstić information content (AvgIpc) is 3.08. The molecule has 3 amide bonds. The summed E-state index contributed by atoms with van der Waals surface area (Å²) in [6.07, 6.45) is -9.62. The third kappa shape index (κ3) is 12.2. The zero-order chi connectivity index (χ0) is 37.0. The minimum absolute atomic E-state index is 0.0650. The van der Waals surface area contributed by atoms with Crippen molar-refractivity contribution >= 4 is 35.0 Å². The number of nitrogens with two attached hydrogens (primary N) is 1. The maximum atomic E-state index is 13.7. The van der Waals surface area contributed by atoms with Crippen molar-refractivity contribution < 1.29 is 47.0 Å². The second-order valence-corrected chi connectivity index (χ2v) is 13.1. The smallest absolute Gasteiger partial charge is 0.382 e. The molecule has 0 bridgehead atoms. The summed E-state index contributed by atoms with van der Waals surface area (Å²) in [7, 11) is 0. The molecule has 3 rings (SSSR count). The van der Waals surface area contributed by atoms with Crippen LogP contribution in [-0.2, 0) is 30.3 Å². The molecule has 2 aromatic carbocycles. The van der Waals surface area contributed by atoms with E-state index in [9.17, 15) is 42.3 Å². The third-order valence-corrected chi connectivity index (χ3v) is 8.80. The second kappa shape index (κ2) is 18.6. The number of aliphatic hydroxyl groups is 1. The molecule has 14 heteroatoms. The van der Waals surface area contributed by atoms with E-state index in [1.165, 1.54) is 6.92 Å². The van der Waals surface area contributed by atoms with Crippen LogP contribution in [0.2, 0.25) is 0 Å². The number of rotatable bonds is 18. The summed E-state index contributed by atoms with van der Waals surface area (Å²) in [4.78, 5) is 66.9. The van der Waals surface area contributed by atoms with Gasteiger partial charge in [-0.15, -0.1) is 0 Å². The molecular weight excluding hydrogens is 657 g/mol. The minimum atomic E-state index is -5.08. The van der Waals surface area contributed by atoms with E-state index in [0.29, 0.717) is 24.3 Å². The maximum Gasteiger partial charge on any atom is 0.416 e. The Hall–Kier alpha value is -4.30. The maximum absolute atomic E-state index is 13.7. The lowest BCUT2D eigenvalue weighted by molar-refractivity contribution is -0.213. The molecule has 0 aliphatic carbocycles. The van der Waals surface area contributed by atoms with Gasteiger partial charge in [0.25, 0.3) is 0 Å². The van der Waals surface area contributed by atoms with E-state index in [-0.39, 0.29) is 24.5 Å². The highest BCUT2D eigenvalue weighted by Gasteiger charge is 2.44. The molecule has 274 valence electrons. The molecule has 0 spiro atoms. The van der Waals surface area contributed by atoms with Gasteiger partial charge in [-0.2, -0.15) is 13.2 Å². The molecule has 1 saturated heterocycles. The van der Waals surface area contributed by atoms with Gasteiger partial charge < -0.3 is 31.1 Å². The van der Waals surface area contributed by atoms with Gasteiger partial charge in [-0.3, -0.25) is 24.0 Å². The number of amides is 3. The highest BCUT2D eigenvalue weighted by molar-refractivity contribution is 6.00. The standard InChI is InChI=1S/C36H47F3N4O7/c1-22(2)27(21-30(44)25-9-11-26(12-10-25)43-15-17-50-18-16-43)35(49)42-29(20-24-7-5-4-6-8-24)31(45)19-23(3)34(48)41-28(13-14-32(40)46)33(47)36(37,38)39/h4-12,22-23,27-29,33,47H,13-21H2,1-3H3,(H2,40,46)(H,41,48)(H,42,49)/t23-,27+,28?,29+,33?/m1/s1. The van der Waals surface area contributed by atoms with Gasteiger partial charge in [-0.1, -0.05) is 51.1 Å². The van der Waals surface area contributed by atoms with Crippen LogP contribution >= 0.6 is 0 Å². The highest BCUT2D eigenvalue weighted by atomic mass is 19.4. The number of carbonyl (C=O) groups excluding carboxylic acids is 5. The topological polar surface area (TPSA) is 168 Å². The first-order valence-corrected chi connectivity index (χ1v) is 16.7. The Morgan fingerprint density at radius 3 is 2.08 bits per heavy atom. The number of alkyl halides is 3. The van der Waals surface area contributed by atoms with Crippen molar-refractivity contribution in [2.75, 3.05) is 31.2 Å². The molecule has 1 aliphatic rings. The number of Topliss-reactive ketones (excluding diaryl/α,β-unsaturated/α-hetero) is 2. The summed E-state index contributed by atoms with van der Waals surface area (Å²) >= 11 is 0. The second-order valence-electron chi connectivity index (χ2n) is 13.1. The molecule has 0 saturated carbocycles. The summed E-state index contributed by atoms with van der Waals surface area (Å²) in [6, 6.07) is 13.0. The molecule has 1 aliphatic heterocycles. The van der Waals surface area contributed by atoms with Crippen LogP contribution in [0.15, 0.2) is 54.6 Å². The summed E-state index contributed by atoms with van der Waals surface area (Å²) in [5.74, 6) is -5.40.